The Bertz CT molecular complexity index is 405. The summed E-state index contributed by atoms with van der Waals surface area (Å²) in [5.41, 5.74) is 5.92. The van der Waals surface area contributed by atoms with E-state index in [1.54, 1.807) is 6.92 Å². The van der Waals surface area contributed by atoms with Crippen molar-refractivity contribution in [3.05, 3.63) is 35.9 Å². The van der Waals surface area contributed by atoms with Crippen LogP contribution in [0.3, 0.4) is 0 Å². The van der Waals surface area contributed by atoms with Crippen molar-refractivity contribution >= 4 is 23.1 Å². The van der Waals surface area contributed by atoms with Gasteiger partial charge in [-0.2, -0.15) is 0 Å². The van der Waals surface area contributed by atoms with E-state index >= 15 is 0 Å². The van der Waals surface area contributed by atoms with Gasteiger partial charge in [-0.15, -0.1) is 0 Å². The van der Waals surface area contributed by atoms with Crippen LogP contribution in [-0.2, 0) is 11.3 Å². The largest absolute Gasteiger partial charge is 0.392 e. The highest BCUT2D eigenvalue weighted by Crippen LogP contribution is 2.21. The number of amides is 1. The highest BCUT2D eigenvalue weighted by molar-refractivity contribution is 7.80. The predicted molar refractivity (Wildman–Crippen MR) is 73.5 cm³/mol. The summed E-state index contributed by atoms with van der Waals surface area (Å²) in [5.74, 6) is -0.114. The molecule has 3 N–H and O–H groups in total. The Labute approximate surface area is 107 Å². The van der Waals surface area contributed by atoms with Crippen molar-refractivity contribution in [1.29, 1.82) is 0 Å². The summed E-state index contributed by atoms with van der Waals surface area (Å²) in [6, 6.07) is 9.74. The number of hydrogen-bond donors (Lipinski definition) is 2. The van der Waals surface area contributed by atoms with E-state index in [0.29, 0.717) is 13.0 Å². The van der Waals surface area contributed by atoms with Gasteiger partial charge in [-0.25, -0.2) is 0 Å². The van der Waals surface area contributed by atoms with Crippen molar-refractivity contribution in [3.63, 3.8) is 0 Å². The average Bonchev–Trinajstić information content (AvgIpc) is 2.35. The maximum Gasteiger partial charge on any atom is 0.233 e. The molecule has 0 aliphatic rings. The van der Waals surface area contributed by atoms with Crippen molar-refractivity contribution in [1.82, 2.24) is 5.32 Å². The predicted octanol–water partition coefficient (Wildman–Crippen LogP) is 2.01. The Morgan fingerprint density at radius 3 is 2.47 bits per heavy atom. The number of hydrogen-bond acceptors (Lipinski definition) is 2. The zero-order valence-electron chi connectivity index (χ0n) is 10.2. The molecule has 0 radical (unpaired) electrons. The first-order valence-corrected chi connectivity index (χ1v) is 6.03. The number of rotatable bonds is 5. The van der Waals surface area contributed by atoms with E-state index in [-0.39, 0.29) is 10.9 Å². The summed E-state index contributed by atoms with van der Waals surface area (Å²) in [7, 11) is 0. The average molecular weight is 250 g/mol. The highest BCUT2D eigenvalue weighted by Gasteiger charge is 2.34. The number of thiocarbonyl (C=S) groups is 1. The molecule has 0 saturated carbocycles. The lowest BCUT2D eigenvalue weighted by atomic mass is 9.86. The molecule has 17 heavy (non-hydrogen) atoms. The molecule has 0 bridgehead atoms. The maximum absolute atomic E-state index is 12.0. The van der Waals surface area contributed by atoms with Crippen LogP contribution in [0.2, 0.25) is 0 Å². The van der Waals surface area contributed by atoms with Gasteiger partial charge in [0.25, 0.3) is 0 Å². The van der Waals surface area contributed by atoms with Crippen molar-refractivity contribution in [2.24, 2.45) is 11.1 Å². The number of nitrogens with one attached hydrogen (secondary N) is 1. The first kappa shape index (κ1) is 13.6. The Balaban J connectivity index is 2.64. The second-order valence-corrected chi connectivity index (χ2v) is 4.66. The first-order valence-electron chi connectivity index (χ1n) is 5.63. The molecular weight excluding hydrogens is 232 g/mol. The van der Waals surface area contributed by atoms with E-state index in [0.717, 1.165) is 5.56 Å². The molecule has 1 amide bonds. The monoisotopic (exact) mass is 250 g/mol. The van der Waals surface area contributed by atoms with Gasteiger partial charge in [0, 0.05) is 6.54 Å². The van der Waals surface area contributed by atoms with Crippen molar-refractivity contribution in [3.8, 4) is 0 Å². The van der Waals surface area contributed by atoms with Crippen LogP contribution < -0.4 is 11.1 Å². The molecular formula is C13H18N2OS. The Hall–Kier alpha value is -1.42. The van der Waals surface area contributed by atoms with Crippen LogP contribution in [0.15, 0.2) is 30.3 Å². The third kappa shape index (κ3) is 3.27. The molecule has 0 aliphatic heterocycles. The highest BCUT2D eigenvalue weighted by atomic mass is 32.1. The Kier molecular flexibility index (Phi) is 4.63. The summed E-state index contributed by atoms with van der Waals surface area (Å²) < 4.78 is 0. The van der Waals surface area contributed by atoms with E-state index in [9.17, 15) is 4.79 Å². The summed E-state index contributed by atoms with van der Waals surface area (Å²) in [6.45, 7) is 4.18. The van der Waals surface area contributed by atoms with Gasteiger partial charge in [0.15, 0.2) is 0 Å². The molecule has 0 heterocycles. The molecule has 4 heteroatoms. The fraction of sp³-hybridized carbons (Fsp3) is 0.385. The van der Waals surface area contributed by atoms with Gasteiger partial charge in [0.1, 0.15) is 0 Å². The Morgan fingerprint density at radius 2 is 2.00 bits per heavy atom. The minimum absolute atomic E-state index is 0.114. The summed E-state index contributed by atoms with van der Waals surface area (Å²) >= 11 is 4.95. The second kappa shape index (κ2) is 5.77. The summed E-state index contributed by atoms with van der Waals surface area (Å²) in [6.07, 6.45) is 0.600. The molecule has 92 valence electrons. The van der Waals surface area contributed by atoms with Crippen LogP contribution in [0.1, 0.15) is 25.8 Å². The van der Waals surface area contributed by atoms with Crippen molar-refractivity contribution in [2.45, 2.75) is 26.8 Å². The lowest BCUT2D eigenvalue weighted by Gasteiger charge is -2.25. The van der Waals surface area contributed by atoms with Crippen LogP contribution in [0, 0.1) is 5.41 Å². The zero-order valence-corrected chi connectivity index (χ0v) is 11.0. The van der Waals surface area contributed by atoms with Crippen LogP contribution in [-0.4, -0.2) is 10.9 Å². The molecule has 1 aromatic carbocycles. The van der Waals surface area contributed by atoms with E-state index in [2.05, 4.69) is 5.32 Å². The molecule has 3 nitrogen and oxygen atoms in total. The normalized spacial score (nSPS) is 13.8. The van der Waals surface area contributed by atoms with E-state index < -0.39 is 5.41 Å². The van der Waals surface area contributed by atoms with Crippen molar-refractivity contribution < 1.29 is 4.79 Å². The fourth-order valence-corrected chi connectivity index (χ4v) is 1.66. The first-order chi connectivity index (χ1) is 8.00. The molecule has 0 spiro atoms. The summed E-state index contributed by atoms with van der Waals surface area (Å²) in [5, 5.41) is 2.87. The molecule has 1 atom stereocenters. The topological polar surface area (TPSA) is 55.1 Å². The third-order valence-corrected chi connectivity index (χ3v) is 3.50. The zero-order chi connectivity index (χ0) is 12.9. The van der Waals surface area contributed by atoms with Gasteiger partial charge in [-0.05, 0) is 18.9 Å². The number of benzene rings is 1. The maximum atomic E-state index is 12.0. The van der Waals surface area contributed by atoms with E-state index in [1.165, 1.54) is 0 Å². The lowest BCUT2D eigenvalue weighted by Crippen LogP contribution is -2.46. The third-order valence-electron chi connectivity index (χ3n) is 3.05. The van der Waals surface area contributed by atoms with Crippen LogP contribution in [0.5, 0.6) is 0 Å². The van der Waals surface area contributed by atoms with Gasteiger partial charge in [0.05, 0.1) is 10.4 Å². The van der Waals surface area contributed by atoms with Gasteiger partial charge >= 0.3 is 0 Å². The molecule has 0 fully saturated rings. The van der Waals surface area contributed by atoms with Gasteiger partial charge in [-0.1, -0.05) is 49.5 Å². The molecule has 0 aromatic heterocycles. The molecule has 1 aromatic rings. The standard InChI is InChI=1S/C13H18N2OS/c1-3-13(2,11(14)17)12(16)15-9-10-7-5-4-6-8-10/h4-8H,3,9H2,1-2H3,(H2,14,17)(H,15,16). The second-order valence-electron chi connectivity index (χ2n) is 4.22. The van der Waals surface area contributed by atoms with Crippen molar-refractivity contribution in [2.75, 3.05) is 0 Å². The van der Waals surface area contributed by atoms with Gasteiger partial charge < -0.3 is 11.1 Å². The smallest absolute Gasteiger partial charge is 0.233 e. The van der Waals surface area contributed by atoms with Crippen LogP contribution in [0.25, 0.3) is 0 Å². The van der Waals surface area contributed by atoms with Crippen LogP contribution >= 0.6 is 12.2 Å². The molecule has 1 unspecified atom stereocenters. The number of carbonyl (C=O) groups is 1. The van der Waals surface area contributed by atoms with E-state index in [4.69, 9.17) is 18.0 Å². The fourth-order valence-electron chi connectivity index (χ4n) is 1.42. The molecule has 1 rings (SSSR count). The van der Waals surface area contributed by atoms with E-state index in [1.807, 2.05) is 37.3 Å². The van der Waals surface area contributed by atoms with Crippen LogP contribution in [0.4, 0.5) is 0 Å². The SMILES string of the molecule is CCC(C)(C(=O)NCc1ccccc1)C(N)=S. The number of carbonyl (C=O) groups excluding carboxylic acids is 1. The lowest BCUT2D eigenvalue weighted by molar-refractivity contribution is -0.127. The minimum Gasteiger partial charge on any atom is -0.392 e. The quantitative estimate of drug-likeness (QED) is 0.786. The number of nitrogens with two attached hydrogens (primary N) is 1. The molecule has 0 saturated heterocycles. The molecule has 0 aliphatic carbocycles. The summed E-state index contributed by atoms with van der Waals surface area (Å²) in [4.78, 5) is 12.3. The minimum atomic E-state index is -0.760. The van der Waals surface area contributed by atoms with Gasteiger partial charge in [0.2, 0.25) is 5.91 Å². The Morgan fingerprint density at radius 1 is 1.41 bits per heavy atom. The van der Waals surface area contributed by atoms with Gasteiger partial charge in [-0.3, -0.25) is 4.79 Å².